The molecular weight excluding hydrogens is 290 g/mol. The van der Waals surface area contributed by atoms with Crippen molar-refractivity contribution in [3.8, 4) is 0 Å². The first-order chi connectivity index (χ1) is 10.1. The van der Waals surface area contributed by atoms with Crippen molar-refractivity contribution < 1.29 is 13.2 Å². The van der Waals surface area contributed by atoms with Crippen LogP contribution in [-0.2, 0) is 16.4 Å². The van der Waals surface area contributed by atoms with Gasteiger partial charge in [0.1, 0.15) is 0 Å². The molecule has 1 aromatic carbocycles. The topological polar surface area (TPSA) is 87.3 Å². The zero-order valence-electron chi connectivity index (χ0n) is 11.7. The summed E-state index contributed by atoms with van der Waals surface area (Å²) in [5.41, 5.74) is 1.36. The summed E-state index contributed by atoms with van der Waals surface area (Å²) in [6.07, 6.45) is 2.79. The highest BCUT2D eigenvalue weighted by molar-refractivity contribution is 7.89. The maximum Gasteiger partial charge on any atom is 0.251 e. The fourth-order valence-corrected chi connectivity index (χ4v) is 3.89. The number of hydrogen-bond acceptors (Lipinski definition) is 4. The SMILES string of the molecule is O=C1NCCc2ccc(S(=O)(=O)NCC3CCCN3)cc21. The van der Waals surface area contributed by atoms with Crippen molar-refractivity contribution in [2.75, 3.05) is 19.6 Å². The van der Waals surface area contributed by atoms with Crippen LogP contribution in [0.15, 0.2) is 23.1 Å². The van der Waals surface area contributed by atoms with E-state index in [0.29, 0.717) is 18.7 Å². The third kappa shape index (κ3) is 3.09. The summed E-state index contributed by atoms with van der Waals surface area (Å²) in [5, 5.41) is 5.98. The van der Waals surface area contributed by atoms with Gasteiger partial charge in [0.2, 0.25) is 10.0 Å². The lowest BCUT2D eigenvalue weighted by Crippen LogP contribution is -2.37. The Bertz CT molecular complexity index is 651. The van der Waals surface area contributed by atoms with Gasteiger partial charge in [-0.1, -0.05) is 6.07 Å². The van der Waals surface area contributed by atoms with Gasteiger partial charge < -0.3 is 10.6 Å². The summed E-state index contributed by atoms with van der Waals surface area (Å²) in [6.45, 7) is 1.92. The summed E-state index contributed by atoms with van der Waals surface area (Å²) in [7, 11) is -3.57. The number of rotatable bonds is 4. The molecule has 2 heterocycles. The molecule has 2 aliphatic rings. The van der Waals surface area contributed by atoms with E-state index in [0.717, 1.165) is 31.4 Å². The maximum absolute atomic E-state index is 12.3. The van der Waals surface area contributed by atoms with Gasteiger partial charge >= 0.3 is 0 Å². The summed E-state index contributed by atoms with van der Waals surface area (Å²) in [5.74, 6) is -0.203. The van der Waals surface area contributed by atoms with E-state index >= 15 is 0 Å². The highest BCUT2D eigenvalue weighted by atomic mass is 32.2. The number of carbonyl (C=O) groups is 1. The Morgan fingerprint density at radius 2 is 2.14 bits per heavy atom. The Hall–Kier alpha value is -1.44. The number of carbonyl (C=O) groups excluding carboxylic acids is 1. The van der Waals surface area contributed by atoms with E-state index in [1.54, 1.807) is 12.1 Å². The number of fused-ring (bicyclic) bond motifs is 1. The van der Waals surface area contributed by atoms with Gasteiger partial charge in [-0.25, -0.2) is 13.1 Å². The first-order valence-corrected chi connectivity index (χ1v) is 8.69. The Morgan fingerprint density at radius 3 is 2.90 bits per heavy atom. The Morgan fingerprint density at radius 1 is 1.29 bits per heavy atom. The largest absolute Gasteiger partial charge is 0.352 e. The molecule has 1 unspecified atom stereocenters. The zero-order valence-corrected chi connectivity index (χ0v) is 12.5. The molecule has 1 atom stereocenters. The van der Waals surface area contributed by atoms with Gasteiger partial charge in [-0.3, -0.25) is 4.79 Å². The van der Waals surface area contributed by atoms with Gasteiger partial charge in [0, 0.05) is 24.7 Å². The van der Waals surface area contributed by atoms with Crippen molar-refractivity contribution in [1.82, 2.24) is 15.4 Å². The lowest BCUT2D eigenvalue weighted by molar-refractivity contribution is 0.0945. The summed E-state index contributed by atoms with van der Waals surface area (Å²) in [6, 6.07) is 4.97. The monoisotopic (exact) mass is 309 g/mol. The van der Waals surface area contributed by atoms with Gasteiger partial charge in [0.25, 0.3) is 5.91 Å². The number of benzene rings is 1. The third-order valence-corrected chi connectivity index (χ3v) is 5.42. The minimum Gasteiger partial charge on any atom is -0.352 e. The maximum atomic E-state index is 12.3. The van der Waals surface area contributed by atoms with Gasteiger partial charge in [-0.15, -0.1) is 0 Å². The third-order valence-electron chi connectivity index (χ3n) is 4.00. The van der Waals surface area contributed by atoms with Crippen molar-refractivity contribution in [1.29, 1.82) is 0 Å². The van der Waals surface area contributed by atoms with E-state index in [1.165, 1.54) is 6.07 Å². The minimum absolute atomic E-state index is 0.149. The Balaban J connectivity index is 1.78. The first-order valence-electron chi connectivity index (χ1n) is 7.20. The summed E-state index contributed by atoms with van der Waals surface area (Å²) in [4.78, 5) is 11.9. The van der Waals surface area contributed by atoms with Crippen LogP contribution in [-0.4, -0.2) is 40.0 Å². The van der Waals surface area contributed by atoms with Crippen LogP contribution in [0.5, 0.6) is 0 Å². The average Bonchev–Trinajstić information content (AvgIpc) is 2.99. The molecule has 7 heteroatoms. The molecule has 21 heavy (non-hydrogen) atoms. The van der Waals surface area contributed by atoms with Gasteiger partial charge in [0.15, 0.2) is 0 Å². The van der Waals surface area contributed by atoms with Gasteiger partial charge in [-0.2, -0.15) is 0 Å². The molecule has 1 fully saturated rings. The molecule has 1 aromatic rings. The second kappa shape index (κ2) is 5.75. The van der Waals surface area contributed by atoms with Crippen molar-refractivity contribution in [2.45, 2.75) is 30.2 Å². The molecule has 0 radical (unpaired) electrons. The predicted molar refractivity (Wildman–Crippen MR) is 78.7 cm³/mol. The van der Waals surface area contributed by atoms with E-state index in [4.69, 9.17) is 0 Å². The second-order valence-corrected chi connectivity index (χ2v) is 7.24. The fourth-order valence-electron chi connectivity index (χ4n) is 2.78. The van der Waals surface area contributed by atoms with Crippen LogP contribution in [0.25, 0.3) is 0 Å². The second-order valence-electron chi connectivity index (χ2n) is 5.47. The van der Waals surface area contributed by atoms with Crippen LogP contribution in [0.1, 0.15) is 28.8 Å². The van der Waals surface area contributed by atoms with Crippen molar-refractivity contribution >= 4 is 15.9 Å². The van der Waals surface area contributed by atoms with E-state index < -0.39 is 10.0 Å². The molecule has 0 bridgehead atoms. The quantitative estimate of drug-likeness (QED) is 0.731. The molecule has 6 nitrogen and oxygen atoms in total. The van der Waals surface area contributed by atoms with Crippen LogP contribution in [0.3, 0.4) is 0 Å². The Kier molecular flexibility index (Phi) is 3.97. The van der Waals surface area contributed by atoms with Crippen LogP contribution >= 0.6 is 0 Å². The van der Waals surface area contributed by atoms with Crippen LogP contribution < -0.4 is 15.4 Å². The van der Waals surface area contributed by atoms with Crippen molar-refractivity contribution in [2.24, 2.45) is 0 Å². The molecule has 3 N–H and O–H groups in total. The molecule has 1 amide bonds. The first kappa shape index (κ1) is 14.5. The highest BCUT2D eigenvalue weighted by Gasteiger charge is 2.23. The molecule has 0 spiro atoms. The van der Waals surface area contributed by atoms with Gasteiger partial charge in [-0.05, 0) is 43.5 Å². The number of nitrogens with one attached hydrogen (secondary N) is 3. The van der Waals surface area contributed by atoms with Crippen molar-refractivity contribution in [3.05, 3.63) is 29.3 Å². The number of hydrogen-bond donors (Lipinski definition) is 3. The highest BCUT2D eigenvalue weighted by Crippen LogP contribution is 2.19. The van der Waals surface area contributed by atoms with Crippen LogP contribution in [0.2, 0.25) is 0 Å². The van der Waals surface area contributed by atoms with E-state index in [9.17, 15) is 13.2 Å². The summed E-state index contributed by atoms with van der Waals surface area (Å²) >= 11 is 0. The molecule has 3 rings (SSSR count). The normalized spacial score (nSPS) is 21.9. The van der Waals surface area contributed by atoms with Crippen LogP contribution in [0.4, 0.5) is 0 Å². The fraction of sp³-hybridized carbons (Fsp3) is 0.500. The smallest absolute Gasteiger partial charge is 0.251 e. The standard InChI is InChI=1S/C14H19N3O3S/c18-14-13-8-12(4-3-10(13)5-7-16-14)21(19,20)17-9-11-2-1-6-15-11/h3-4,8,11,15,17H,1-2,5-7,9H2,(H,16,18). The Labute approximate surface area is 124 Å². The van der Waals surface area contributed by atoms with E-state index in [-0.39, 0.29) is 16.8 Å². The van der Waals surface area contributed by atoms with Crippen molar-refractivity contribution in [3.63, 3.8) is 0 Å². The molecule has 2 aliphatic heterocycles. The predicted octanol–water partition coefficient (Wildman–Crippen LogP) is 0.00280. The average molecular weight is 309 g/mol. The zero-order chi connectivity index (χ0) is 14.9. The molecular formula is C14H19N3O3S. The van der Waals surface area contributed by atoms with Crippen LogP contribution in [0, 0.1) is 0 Å². The molecule has 1 saturated heterocycles. The van der Waals surface area contributed by atoms with E-state index in [1.807, 2.05) is 0 Å². The molecule has 114 valence electrons. The summed E-state index contributed by atoms with van der Waals surface area (Å²) < 4.78 is 27.2. The molecule has 0 aliphatic carbocycles. The lowest BCUT2D eigenvalue weighted by atomic mass is 10.0. The molecule has 0 saturated carbocycles. The van der Waals surface area contributed by atoms with E-state index in [2.05, 4.69) is 15.4 Å². The van der Waals surface area contributed by atoms with Gasteiger partial charge in [0.05, 0.1) is 4.90 Å². The number of amides is 1. The lowest BCUT2D eigenvalue weighted by Gasteiger charge is -2.18. The minimum atomic E-state index is -3.57. The number of sulfonamides is 1. The molecule has 0 aromatic heterocycles.